The predicted molar refractivity (Wildman–Crippen MR) is 118 cm³/mol. The molecule has 1 aromatic heterocycles. The molecule has 0 atom stereocenters. The van der Waals surface area contributed by atoms with Crippen LogP contribution in [0.4, 0.5) is 11.4 Å². The summed E-state index contributed by atoms with van der Waals surface area (Å²) in [5.41, 5.74) is 3.47. The van der Waals surface area contributed by atoms with Gasteiger partial charge in [-0.05, 0) is 37.0 Å². The molecule has 2 aromatic carbocycles. The number of carbonyl (C=O) groups is 1. The first-order valence-corrected chi connectivity index (χ1v) is 10.7. The second-order valence-corrected chi connectivity index (χ2v) is 8.18. The number of rotatable bonds is 6. The number of amides is 1. The second-order valence-electron chi connectivity index (χ2n) is 8.18. The van der Waals surface area contributed by atoms with Crippen LogP contribution in [0.2, 0.25) is 0 Å². The molecular formula is C24H26N4O2. The molecule has 1 aliphatic heterocycles. The van der Waals surface area contributed by atoms with Crippen LogP contribution in [0.25, 0.3) is 11.3 Å². The molecule has 2 heterocycles. The van der Waals surface area contributed by atoms with Gasteiger partial charge in [0, 0.05) is 55.7 Å². The standard InChI is InChI=1S/C24H26N4O2/c29-24(23-16-22(26-30-23)19-5-2-1-3-6-19)25-20-7-4-8-21(15-20)28-13-11-27(12-14-28)17-18-9-10-18/h1-8,15-16,18H,9-14,17H2,(H,25,29). The molecule has 1 aliphatic carbocycles. The SMILES string of the molecule is O=C(Nc1cccc(N2CCN(CC3CC3)CC2)c1)c1cc(-c2ccccc2)no1. The summed E-state index contributed by atoms with van der Waals surface area (Å²) in [6, 6.07) is 19.4. The Hall–Kier alpha value is -3.12. The number of nitrogens with one attached hydrogen (secondary N) is 1. The maximum atomic E-state index is 12.6. The highest BCUT2D eigenvalue weighted by molar-refractivity contribution is 6.03. The van der Waals surface area contributed by atoms with Gasteiger partial charge < -0.3 is 14.7 Å². The molecule has 0 spiro atoms. The van der Waals surface area contributed by atoms with E-state index in [1.165, 1.54) is 19.4 Å². The van der Waals surface area contributed by atoms with E-state index < -0.39 is 0 Å². The molecule has 0 radical (unpaired) electrons. The van der Waals surface area contributed by atoms with E-state index in [1.807, 2.05) is 48.5 Å². The van der Waals surface area contributed by atoms with Gasteiger partial charge in [-0.3, -0.25) is 9.69 Å². The minimum atomic E-state index is -0.295. The van der Waals surface area contributed by atoms with Crippen LogP contribution in [0.3, 0.4) is 0 Å². The van der Waals surface area contributed by atoms with Crippen LogP contribution >= 0.6 is 0 Å². The van der Waals surface area contributed by atoms with Crippen molar-refractivity contribution in [2.24, 2.45) is 5.92 Å². The van der Waals surface area contributed by atoms with Crippen molar-refractivity contribution in [2.45, 2.75) is 12.8 Å². The van der Waals surface area contributed by atoms with Crippen LogP contribution in [0.15, 0.2) is 65.2 Å². The van der Waals surface area contributed by atoms with E-state index in [2.05, 4.69) is 26.3 Å². The Morgan fingerprint density at radius 2 is 1.80 bits per heavy atom. The molecular weight excluding hydrogens is 376 g/mol. The number of carbonyl (C=O) groups excluding carboxylic acids is 1. The molecule has 1 amide bonds. The van der Waals surface area contributed by atoms with Crippen molar-refractivity contribution in [3.05, 3.63) is 66.4 Å². The Bertz CT molecular complexity index is 1000. The molecule has 1 saturated carbocycles. The lowest BCUT2D eigenvalue weighted by Crippen LogP contribution is -2.47. The quantitative estimate of drug-likeness (QED) is 0.672. The van der Waals surface area contributed by atoms with Crippen molar-refractivity contribution in [3.8, 4) is 11.3 Å². The Labute approximate surface area is 176 Å². The maximum Gasteiger partial charge on any atom is 0.294 e. The smallest absolute Gasteiger partial charge is 0.294 e. The summed E-state index contributed by atoms with van der Waals surface area (Å²) in [5.74, 6) is 0.845. The number of benzene rings is 2. The molecule has 6 nitrogen and oxygen atoms in total. The third-order valence-electron chi connectivity index (χ3n) is 5.86. The van der Waals surface area contributed by atoms with Crippen molar-refractivity contribution in [2.75, 3.05) is 42.9 Å². The zero-order valence-electron chi connectivity index (χ0n) is 17.0. The highest BCUT2D eigenvalue weighted by atomic mass is 16.5. The lowest BCUT2D eigenvalue weighted by atomic mass is 10.1. The van der Waals surface area contributed by atoms with Gasteiger partial charge in [-0.1, -0.05) is 41.6 Å². The fraction of sp³-hybridized carbons (Fsp3) is 0.333. The molecule has 154 valence electrons. The molecule has 6 heteroatoms. The summed E-state index contributed by atoms with van der Waals surface area (Å²) in [6.07, 6.45) is 2.81. The molecule has 3 aromatic rings. The van der Waals surface area contributed by atoms with Gasteiger partial charge in [0.05, 0.1) is 0 Å². The molecule has 2 aliphatic rings. The van der Waals surface area contributed by atoms with E-state index >= 15 is 0 Å². The fourth-order valence-corrected chi connectivity index (χ4v) is 3.95. The molecule has 1 saturated heterocycles. The van der Waals surface area contributed by atoms with E-state index in [0.29, 0.717) is 5.69 Å². The van der Waals surface area contributed by atoms with Gasteiger partial charge in [0.2, 0.25) is 5.76 Å². The first-order valence-electron chi connectivity index (χ1n) is 10.7. The first-order chi connectivity index (χ1) is 14.7. The van der Waals surface area contributed by atoms with E-state index in [1.54, 1.807) is 6.07 Å². The van der Waals surface area contributed by atoms with Crippen molar-refractivity contribution >= 4 is 17.3 Å². The Balaban J connectivity index is 1.21. The minimum Gasteiger partial charge on any atom is -0.369 e. The van der Waals surface area contributed by atoms with Gasteiger partial charge in [0.1, 0.15) is 5.69 Å². The maximum absolute atomic E-state index is 12.6. The largest absolute Gasteiger partial charge is 0.369 e. The highest BCUT2D eigenvalue weighted by Gasteiger charge is 2.26. The van der Waals surface area contributed by atoms with Gasteiger partial charge in [-0.25, -0.2) is 0 Å². The van der Waals surface area contributed by atoms with E-state index in [4.69, 9.17) is 4.52 Å². The monoisotopic (exact) mass is 402 g/mol. The molecule has 30 heavy (non-hydrogen) atoms. The van der Waals surface area contributed by atoms with Crippen LogP contribution in [0, 0.1) is 5.92 Å². The van der Waals surface area contributed by atoms with Crippen molar-refractivity contribution < 1.29 is 9.32 Å². The number of piperazine rings is 1. The molecule has 0 unspecified atom stereocenters. The number of hydrogen-bond acceptors (Lipinski definition) is 5. The van der Waals surface area contributed by atoms with Gasteiger partial charge in [0.25, 0.3) is 5.91 Å². The summed E-state index contributed by atoms with van der Waals surface area (Å²) in [4.78, 5) is 17.6. The average Bonchev–Trinajstić information content (AvgIpc) is 3.46. The van der Waals surface area contributed by atoms with E-state index in [-0.39, 0.29) is 11.7 Å². The lowest BCUT2D eigenvalue weighted by Gasteiger charge is -2.36. The topological polar surface area (TPSA) is 61.6 Å². The van der Waals surface area contributed by atoms with Crippen LogP contribution in [0.5, 0.6) is 0 Å². The van der Waals surface area contributed by atoms with Gasteiger partial charge in [-0.2, -0.15) is 0 Å². The Morgan fingerprint density at radius 3 is 2.57 bits per heavy atom. The lowest BCUT2D eigenvalue weighted by molar-refractivity contribution is 0.0988. The molecule has 1 N–H and O–H groups in total. The zero-order chi connectivity index (χ0) is 20.3. The van der Waals surface area contributed by atoms with E-state index in [9.17, 15) is 4.79 Å². The third-order valence-corrected chi connectivity index (χ3v) is 5.86. The summed E-state index contributed by atoms with van der Waals surface area (Å²) in [6.45, 7) is 5.51. The Morgan fingerprint density at radius 1 is 1.00 bits per heavy atom. The minimum absolute atomic E-state index is 0.202. The third kappa shape index (κ3) is 4.39. The van der Waals surface area contributed by atoms with Crippen LogP contribution in [0.1, 0.15) is 23.4 Å². The zero-order valence-corrected chi connectivity index (χ0v) is 17.0. The van der Waals surface area contributed by atoms with Crippen LogP contribution in [-0.2, 0) is 0 Å². The van der Waals surface area contributed by atoms with Crippen molar-refractivity contribution in [3.63, 3.8) is 0 Å². The average molecular weight is 402 g/mol. The summed E-state index contributed by atoms with van der Waals surface area (Å²) in [7, 11) is 0. The van der Waals surface area contributed by atoms with Crippen LogP contribution in [-0.4, -0.2) is 48.7 Å². The summed E-state index contributed by atoms with van der Waals surface area (Å²) in [5, 5.41) is 6.96. The fourth-order valence-electron chi connectivity index (χ4n) is 3.95. The molecule has 0 bridgehead atoms. The van der Waals surface area contributed by atoms with Gasteiger partial charge in [-0.15, -0.1) is 0 Å². The first kappa shape index (κ1) is 18.9. The Kier molecular flexibility index (Phi) is 5.24. The number of nitrogens with zero attached hydrogens (tertiary/aromatic N) is 3. The highest BCUT2D eigenvalue weighted by Crippen LogP contribution is 2.30. The predicted octanol–water partition coefficient (Wildman–Crippen LogP) is 4.13. The van der Waals surface area contributed by atoms with Gasteiger partial charge >= 0.3 is 0 Å². The van der Waals surface area contributed by atoms with Crippen LogP contribution < -0.4 is 10.2 Å². The normalized spacial score (nSPS) is 17.1. The number of hydrogen-bond donors (Lipinski definition) is 1. The van der Waals surface area contributed by atoms with Crippen molar-refractivity contribution in [1.82, 2.24) is 10.1 Å². The molecule has 2 fully saturated rings. The van der Waals surface area contributed by atoms with Gasteiger partial charge in [0.15, 0.2) is 0 Å². The number of anilines is 2. The summed E-state index contributed by atoms with van der Waals surface area (Å²) < 4.78 is 5.27. The second kappa shape index (κ2) is 8.32. The number of aromatic nitrogens is 1. The summed E-state index contributed by atoms with van der Waals surface area (Å²) >= 11 is 0. The molecule has 5 rings (SSSR count). The van der Waals surface area contributed by atoms with E-state index in [0.717, 1.165) is 49.0 Å². The van der Waals surface area contributed by atoms with Crippen molar-refractivity contribution in [1.29, 1.82) is 0 Å².